The normalized spacial score (nSPS) is 14.9. The van der Waals surface area contributed by atoms with E-state index in [-0.39, 0.29) is 11.4 Å². The molecule has 2 aromatic heterocycles. The highest BCUT2D eigenvalue weighted by Gasteiger charge is 2.33. The second-order valence-electron chi connectivity index (χ2n) is 7.76. The molecular formula is C23H24F3N5OS. The van der Waals surface area contributed by atoms with Gasteiger partial charge in [-0.3, -0.25) is 15.1 Å². The van der Waals surface area contributed by atoms with Gasteiger partial charge in [-0.2, -0.15) is 18.3 Å². The topological polar surface area (TPSA) is 75.2 Å². The van der Waals surface area contributed by atoms with Crippen LogP contribution in [0.3, 0.4) is 0 Å². The van der Waals surface area contributed by atoms with Crippen molar-refractivity contribution in [1.82, 2.24) is 20.5 Å². The molecule has 1 saturated carbocycles. The number of thioether (sulfide) groups is 1. The van der Waals surface area contributed by atoms with Gasteiger partial charge in [-0.1, -0.05) is 19.3 Å². The monoisotopic (exact) mass is 475 g/mol. The maximum absolute atomic E-state index is 12.8. The Morgan fingerprint density at radius 2 is 1.88 bits per heavy atom. The summed E-state index contributed by atoms with van der Waals surface area (Å²) in [7, 11) is 0. The Balaban J connectivity index is 1.45. The Morgan fingerprint density at radius 1 is 1.09 bits per heavy atom. The Labute approximate surface area is 194 Å². The van der Waals surface area contributed by atoms with Gasteiger partial charge < -0.3 is 10.1 Å². The van der Waals surface area contributed by atoms with Crippen LogP contribution in [0.4, 0.5) is 18.9 Å². The summed E-state index contributed by atoms with van der Waals surface area (Å²) < 4.78 is 44.5. The van der Waals surface area contributed by atoms with Gasteiger partial charge in [-0.25, -0.2) is 0 Å². The Kier molecular flexibility index (Phi) is 7.34. The summed E-state index contributed by atoms with van der Waals surface area (Å²) in [6, 6.07) is 10.2. The van der Waals surface area contributed by atoms with E-state index in [0.717, 1.165) is 22.5 Å². The predicted molar refractivity (Wildman–Crippen MR) is 123 cm³/mol. The SMILES string of the molecule is C=Nc1ccc(Oc2ccnc(-c3cc(C(F)(F)F)[nH]n3)c2)cc1SCNC1CCCCC1. The van der Waals surface area contributed by atoms with E-state index in [4.69, 9.17) is 4.74 Å². The van der Waals surface area contributed by atoms with Crippen molar-refractivity contribution in [3.8, 4) is 22.9 Å². The first-order chi connectivity index (χ1) is 15.9. The zero-order valence-corrected chi connectivity index (χ0v) is 18.7. The lowest BCUT2D eigenvalue weighted by atomic mass is 9.96. The minimum atomic E-state index is -4.50. The maximum atomic E-state index is 12.8. The molecule has 0 atom stereocenters. The van der Waals surface area contributed by atoms with Gasteiger partial charge in [0.25, 0.3) is 0 Å². The van der Waals surface area contributed by atoms with Crippen molar-refractivity contribution < 1.29 is 17.9 Å². The van der Waals surface area contributed by atoms with E-state index in [9.17, 15) is 13.2 Å². The first kappa shape index (κ1) is 23.3. The van der Waals surface area contributed by atoms with E-state index in [0.29, 0.717) is 17.5 Å². The molecule has 33 heavy (non-hydrogen) atoms. The van der Waals surface area contributed by atoms with Gasteiger partial charge >= 0.3 is 6.18 Å². The number of nitrogens with zero attached hydrogens (tertiary/aromatic N) is 3. The molecule has 0 unspecified atom stereocenters. The largest absolute Gasteiger partial charge is 0.457 e. The molecule has 2 N–H and O–H groups in total. The van der Waals surface area contributed by atoms with E-state index in [1.54, 1.807) is 30.0 Å². The number of aromatic nitrogens is 3. The minimum Gasteiger partial charge on any atom is -0.457 e. The van der Waals surface area contributed by atoms with Gasteiger partial charge in [-0.15, -0.1) is 11.8 Å². The van der Waals surface area contributed by atoms with Crippen LogP contribution in [0.1, 0.15) is 37.8 Å². The van der Waals surface area contributed by atoms with Gasteiger partial charge in [0.05, 0.1) is 11.4 Å². The summed E-state index contributed by atoms with van der Waals surface area (Å²) in [6.45, 7) is 3.64. The number of hydrogen-bond donors (Lipinski definition) is 2. The second-order valence-corrected chi connectivity index (χ2v) is 8.78. The molecule has 10 heteroatoms. The van der Waals surface area contributed by atoms with E-state index in [1.807, 2.05) is 17.2 Å². The summed E-state index contributed by atoms with van der Waals surface area (Å²) >= 11 is 1.64. The zero-order valence-electron chi connectivity index (χ0n) is 17.9. The van der Waals surface area contributed by atoms with Crippen LogP contribution in [0.5, 0.6) is 11.5 Å². The average molecular weight is 476 g/mol. The lowest BCUT2D eigenvalue weighted by molar-refractivity contribution is -0.141. The molecule has 0 radical (unpaired) electrons. The number of aromatic amines is 1. The molecule has 1 aliphatic rings. The molecule has 0 bridgehead atoms. The molecule has 0 saturated heterocycles. The van der Waals surface area contributed by atoms with Gasteiger partial charge in [0.1, 0.15) is 22.9 Å². The smallest absolute Gasteiger partial charge is 0.432 e. The molecule has 6 nitrogen and oxygen atoms in total. The van der Waals surface area contributed by atoms with Crippen LogP contribution >= 0.6 is 11.8 Å². The summed E-state index contributed by atoms with van der Waals surface area (Å²) in [5.74, 6) is 1.78. The molecule has 4 rings (SSSR count). The van der Waals surface area contributed by atoms with Gasteiger partial charge in [0.2, 0.25) is 0 Å². The van der Waals surface area contributed by atoms with Crippen LogP contribution in [0.2, 0.25) is 0 Å². The van der Waals surface area contributed by atoms with Crippen LogP contribution in [0, 0.1) is 0 Å². The van der Waals surface area contributed by atoms with E-state index >= 15 is 0 Å². The first-order valence-corrected chi connectivity index (χ1v) is 11.6. The summed E-state index contributed by atoms with van der Waals surface area (Å²) in [6.07, 6.45) is 3.25. The summed E-state index contributed by atoms with van der Waals surface area (Å²) in [4.78, 5) is 9.14. The quantitative estimate of drug-likeness (QED) is 0.218. The van der Waals surface area contributed by atoms with Gasteiger partial charge in [0, 0.05) is 29.1 Å². The van der Waals surface area contributed by atoms with Crippen LogP contribution in [-0.2, 0) is 6.18 Å². The molecule has 0 spiro atoms. The van der Waals surface area contributed by atoms with Crippen molar-refractivity contribution in [2.24, 2.45) is 4.99 Å². The summed E-state index contributed by atoms with van der Waals surface area (Å²) in [5, 5.41) is 9.30. The van der Waals surface area contributed by atoms with Crippen molar-refractivity contribution in [1.29, 1.82) is 0 Å². The minimum absolute atomic E-state index is 0.0870. The number of alkyl halides is 3. The Hall–Kier alpha value is -2.85. The van der Waals surface area contributed by atoms with Crippen molar-refractivity contribution in [2.45, 2.75) is 49.2 Å². The molecule has 1 aromatic carbocycles. The van der Waals surface area contributed by atoms with Crippen molar-refractivity contribution in [3.05, 3.63) is 48.3 Å². The third kappa shape index (κ3) is 6.14. The van der Waals surface area contributed by atoms with Crippen LogP contribution in [-0.4, -0.2) is 33.8 Å². The number of hydrogen-bond acceptors (Lipinski definition) is 6. The highest BCUT2D eigenvalue weighted by atomic mass is 32.2. The molecule has 0 aliphatic heterocycles. The van der Waals surface area contributed by atoms with Gasteiger partial charge in [-0.05, 0) is 49.9 Å². The fourth-order valence-electron chi connectivity index (χ4n) is 3.70. The Bertz CT molecular complexity index is 1100. The number of halogens is 3. The number of pyridine rings is 1. The fraction of sp³-hybridized carbons (Fsp3) is 0.348. The Morgan fingerprint density at radius 3 is 2.61 bits per heavy atom. The highest BCUT2D eigenvalue weighted by molar-refractivity contribution is 7.99. The lowest BCUT2D eigenvalue weighted by Gasteiger charge is -2.22. The number of rotatable bonds is 8. The van der Waals surface area contributed by atoms with Crippen LogP contribution in [0.25, 0.3) is 11.4 Å². The fourth-order valence-corrected chi connectivity index (χ4v) is 4.65. The molecule has 3 aromatic rings. The standard InChI is InChI=1S/C23H24F3N5OS/c1-27-18-8-7-16(12-21(18)33-14-29-15-5-3-2-4-6-15)32-17-9-10-28-19(11-17)20-13-22(31-30-20)23(24,25)26/h7-13,15,29H,1-6,14H2,(H,30,31). The number of H-pyrrole nitrogens is 1. The van der Waals surface area contributed by atoms with E-state index in [1.165, 1.54) is 38.3 Å². The number of aliphatic imine (C=N–C) groups is 1. The first-order valence-electron chi connectivity index (χ1n) is 10.7. The molecule has 1 aliphatic carbocycles. The van der Waals surface area contributed by atoms with Crippen molar-refractivity contribution >= 4 is 24.2 Å². The van der Waals surface area contributed by atoms with E-state index < -0.39 is 11.9 Å². The molecule has 1 fully saturated rings. The average Bonchev–Trinajstić information content (AvgIpc) is 3.32. The third-order valence-electron chi connectivity index (χ3n) is 5.42. The highest BCUT2D eigenvalue weighted by Crippen LogP contribution is 2.35. The number of nitrogens with one attached hydrogen (secondary N) is 2. The van der Waals surface area contributed by atoms with Crippen LogP contribution < -0.4 is 10.1 Å². The van der Waals surface area contributed by atoms with E-state index in [2.05, 4.69) is 27.1 Å². The van der Waals surface area contributed by atoms with Crippen molar-refractivity contribution in [3.63, 3.8) is 0 Å². The number of ether oxygens (including phenoxy) is 1. The van der Waals surface area contributed by atoms with Gasteiger partial charge in [0.15, 0.2) is 0 Å². The zero-order chi connectivity index (χ0) is 23.3. The second kappa shape index (κ2) is 10.4. The molecule has 2 heterocycles. The molecular weight excluding hydrogens is 451 g/mol. The van der Waals surface area contributed by atoms with Crippen molar-refractivity contribution in [2.75, 3.05) is 5.88 Å². The third-order valence-corrected chi connectivity index (χ3v) is 6.37. The lowest BCUT2D eigenvalue weighted by Crippen LogP contribution is -2.30. The van der Waals surface area contributed by atoms with Crippen LogP contribution in [0.15, 0.2) is 52.5 Å². The maximum Gasteiger partial charge on any atom is 0.432 e. The summed E-state index contributed by atoms with van der Waals surface area (Å²) in [5.41, 5.74) is 0.199. The molecule has 0 amide bonds. The number of benzene rings is 1. The predicted octanol–water partition coefficient (Wildman–Crippen LogP) is 6.59. The molecule has 174 valence electrons.